The van der Waals surface area contributed by atoms with E-state index in [-0.39, 0.29) is 30.9 Å². The molecular formula is C14H24N4O7S2. The van der Waals surface area contributed by atoms with Crippen LogP contribution in [0.25, 0.3) is 0 Å². The van der Waals surface area contributed by atoms with Crippen LogP contribution < -0.4 is 22.1 Å². The zero-order chi connectivity index (χ0) is 20.8. The van der Waals surface area contributed by atoms with Crippen LogP contribution in [0.5, 0.6) is 0 Å². The molecule has 0 saturated heterocycles. The molecule has 27 heavy (non-hydrogen) atoms. The molecule has 0 aromatic heterocycles. The largest absolute Gasteiger partial charge is 0.468 e. The lowest BCUT2D eigenvalue weighted by Crippen LogP contribution is -2.49. The van der Waals surface area contributed by atoms with Crippen molar-refractivity contribution < 1.29 is 33.4 Å². The summed E-state index contributed by atoms with van der Waals surface area (Å²) in [6.45, 7) is -0.353. The number of esters is 2. The molecule has 0 rings (SSSR count). The number of rotatable bonds is 13. The van der Waals surface area contributed by atoms with Gasteiger partial charge in [-0.2, -0.15) is 0 Å². The third kappa shape index (κ3) is 12.1. The second-order valence-corrected chi connectivity index (χ2v) is 7.60. The van der Waals surface area contributed by atoms with E-state index in [0.717, 1.165) is 21.6 Å². The van der Waals surface area contributed by atoms with Crippen molar-refractivity contribution >= 4 is 51.2 Å². The number of nitrogens with two attached hydrogens (primary N) is 2. The number of ether oxygens (including phenoxy) is 2. The highest BCUT2D eigenvalue weighted by molar-refractivity contribution is 8.76. The van der Waals surface area contributed by atoms with E-state index >= 15 is 0 Å². The van der Waals surface area contributed by atoms with E-state index in [4.69, 9.17) is 11.5 Å². The smallest absolute Gasteiger partial charge is 0.325 e. The molecule has 0 heterocycles. The van der Waals surface area contributed by atoms with Gasteiger partial charge in [0, 0.05) is 12.2 Å². The van der Waals surface area contributed by atoms with Crippen LogP contribution in [0.15, 0.2) is 0 Å². The summed E-state index contributed by atoms with van der Waals surface area (Å²) in [6, 6.07) is -1.92. The van der Waals surface area contributed by atoms with Crippen molar-refractivity contribution in [3.63, 3.8) is 0 Å². The van der Waals surface area contributed by atoms with E-state index in [1.165, 1.54) is 14.2 Å². The molecule has 0 aromatic carbocycles. The number of nitrogens with one attached hydrogen (secondary N) is 2. The van der Waals surface area contributed by atoms with Gasteiger partial charge in [-0.3, -0.25) is 24.0 Å². The van der Waals surface area contributed by atoms with Crippen LogP contribution in [0.1, 0.15) is 12.8 Å². The van der Waals surface area contributed by atoms with Gasteiger partial charge in [-0.05, 0) is 6.42 Å². The van der Waals surface area contributed by atoms with Crippen molar-refractivity contribution in [2.75, 3.05) is 32.3 Å². The van der Waals surface area contributed by atoms with Gasteiger partial charge in [0.05, 0.1) is 20.0 Å². The van der Waals surface area contributed by atoms with Crippen molar-refractivity contribution in [2.45, 2.75) is 24.9 Å². The highest BCUT2D eigenvalue weighted by Gasteiger charge is 2.23. The Morgan fingerprint density at radius 1 is 1.07 bits per heavy atom. The number of hydrogen-bond acceptors (Lipinski definition) is 10. The van der Waals surface area contributed by atoms with Gasteiger partial charge in [0.15, 0.2) is 0 Å². The molecule has 0 spiro atoms. The maximum absolute atomic E-state index is 12.2. The second kappa shape index (κ2) is 14.1. The Hall–Kier alpha value is -1.99. The number of hydrogen-bond donors (Lipinski definition) is 4. The van der Waals surface area contributed by atoms with Crippen molar-refractivity contribution in [1.29, 1.82) is 0 Å². The summed E-state index contributed by atoms with van der Waals surface area (Å²) >= 11 is 0. The van der Waals surface area contributed by atoms with Crippen molar-refractivity contribution in [3.05, 3.63) is 0 Å². The monoisotopic (exact) mass is 424 g/mol. The van der Waals surface area contributed by atoms with Gasteiger partial charge >= 0.3 is 11.9 Å². The lowest BCUT2D eigenvalue weighted by Gasteiger charge is -2.18. The minimum absolute atomic E-state index is 0.0403. The lowest BCUT2D eigenvalue weighted by atomic mass is 10.1. The van der Waals surface area contributed by atoms with Crippen LogP contribution in [0.3, 0.4) is 0 Å². The fourth-order valence-corrected chi connectivity index (χ4v) is 3.54. The Bertz CT molecular complexity index is 548. The Labute approximate surface area is 164 Å². The minimum Gasteiger partial charge on any atom is -0.468 e. The molecule has 6 N–H and O–H groups in total. The predicted octanol–water partition coefficient (Wildman–Crippen LogP) is -2.09. The van der Waals surface area contributed by atoms with Gasteiger partial charge in [0.2, 0.25) is 17.7 Å². The summed E-state index contributed by atoms with van der Waals surface area (Å²) in [5.74, 6) is -2.74. The zero-order valence-corrected chi connectivity index (χ0v) is 16.7. The molecule has 3 amide bonds. The highest BCUT2D eigenvalue weighted by atomic mass is 33.1. The van der Waals surface area contributed by atoms with Gasteiger partial charge in [-0.25, -0.2) is 0 Å². The molecule has 0 aliphatic heterocycles. The maximum atomic E-state index is 12.2. The Morgan fingerprint density at radius 2 is 1.74 bits per heavy atom. The molecule has 0 fully saturated rings. The van der Waals surface area contributed by atoms with Crippen LogP contribution >= 0.6 is 21.6 Å². The SMILES string of the molecule is COC(=O)CNC(=O)C(CSSCC(N)=O)NC(=O)CCC(N)C(=O)OC. The van der Waals surface area contributed by atoms with Crippen LogP contribution in [0.4, 0.5) is 0 Å². The van der Waals surface area contributed by atoms with Gasteiger partial charge in [0.1, 0.15) is 18.6 Å². The first-order valence-corrected chi connectivity index (χ1v) is 10.2. The maximum Gasteiger partial charge on any atom is 0.325 e. The summed E-state index contributed by atoms with van der Waals surface area (Å²) in [7, 11) is 4.65. The number of primary amides is 1. The van der Waals surface area contributed by atoms with Crippen molar-refractivity contribution in [1.82, 2.24) is 10.6 Å². The van der Waals surface area contributed by atoms with Crippen LogP contribution in [0.2, 0.25) is 0 Å². The summed E-state index contributed by atoms with van der Waals surface area (Å²) in [5, 5.41) is 4.84. The van der Waals surface area contributed by atoms with Gasteiger partial charge < -0.3 is 31.6 Å². The first-order valence-electron chi connectivity index (χ1n) is 7.71. The fourth-order valence-electron chi connectivity index (χ4n) is 1.58. The Balaban J connectivity index is 4.63. The Kier molecular flexibility index (Phi) is 13.1. The quantitative estimate of drug-likeness (QED) is 0.145. The van der Waals surface area contributed by atoms with E-state index in [1.54, 1.807) is 0 Å². The first kappa shape index (κ1) is 25.0. The lowest BCUT2D eigenvalue weighted by molar-refractivity contribution is -0.142. The molecule has 0 radical (unpaired) electrons. The highest BCUT2D eigenvalue weighted by Crippen LogP contribution is 2.21. The van der Waals surface area contributed by atoms with E-state index in [1.807, 2.05) is 0 Å². The molecule has 0 aliphatic carbocycles. The van der Waals surface area contributed by atoms with E-state index in [2.05, 4.69) is 20.1 Å². The molecular weight excluding hydrogens is 400 g/mol. The molecule has 0 bridgehead atoms. The average Bonchev–Trinajstić information content (AvgIpc) is 2.64. The topological polar surface area (TPSA) is 180 Å². The van der Waals surface area contributed by atoms with Gasteiger partial charge in [-0.1, -0.05) is 21.6 Å². The standard InChI is InChI=1S/C14H24N4O7S2/c1-24-12(21)5-17-13(22)9(6-26-27-7-10(16)19)18-11(20)4-3-8(15)14(23)25-2/h8-9H,3-7,15H2,1-2H3,(H2,16,19)(H,17,22)(H,18,20). The third-order valence-electron chi connectivity index (χ3n) is 2.99. The predicted molar refractivity (Wildman–Crippen MR) is 100 cm³/mol. The molecule has 11 nitrogen and oxygen atoms in total. The number of carbonyl (C=O) groups excluding carboxylic acids is 5. The van der Waals surface area contributed by atoms with E-state index in [9.17, 15) is 24.0 Å². The fraction of sp³-hybridized carbons (Fsp3) is 0.643. The van der Waals surface area contributed by atoms with E-state index in [0.29, 0.717) is 0 Å². The molecule has 154 valence electrons. The second-order valence-electron chi connectivity index (χ2n) is 5.10. The summed E-state index contributed by atoms with van der Waals surface area (Å²) in [6.07, 6.45) is -0.0608. The van der Waals surface area contributed by atoms with E-state index < -0.39 is 41.7 Å². The number of carbonyl (C=O) groups is 5. The van der Waals surface area contributed by atoms with Crippen LogP contribution in [-0.4, -0.2) is 74.0 Å². The van der Waals surface area contributed by atoms with Crippen LogP contribution in [-0.2, 0) is 33.4 Å². The molecule has 2 unspecified atom stereocenters. The molecule has 0 saturated carbocycles. The first-order chi connectivity index (χ1) is 12.7. The molecule has 0 aliphatic rings. The number of amides is 3. The third-order valence-corrected chi connectivity index (χ3v) is 5.29. The molecule has 13 heteroatoms. The van der Waals surface area contributed by atoms with Crippen LogP contribution in [0, 0.1) is 0 Å². The molecule has 0 aromatic rings. The summed E-state index contributed by atoms with van der Waals surface area (Å²) in [4.78, 5) is 57.3. The molecule has 2 atom stereocenters. The zero-order valence-electron chi connectivity index (χ0n) is 15.0. The van der Waals surface area contributed by atoms with Crippen molar-refractivity contribution in [3.8, 4) is 0 Å². The van der Waals surface area contributed by atoms with Gasteiger partial charge in [0.25, 0.3) is 0 Å². The van der Waals surface area contributed by atoms with Crippen molar-refractivity contribution in [2.24, 2.45) is 11.5 Å². The summed E-state index contributed by atoms with van der Waals surface area (Å²) in [5.41, 5.74) is 10.6. The van der Waals surface area contributed by atoms with Gasteiger partial charge in [-0.15, -0.1) is 0 Å². The number of methoxy groups -OCH3 is 2. The average molecular weight is 425 g/mol. The Morgan fingerprint density at radius 3 is 2.30 bits per heavy atom. The normalized spacial score (nSPS) is 12.4. The minimum atomic E-state index is -0.970. The summed E-state index contributed by atoms with van der Waals surface area (Å²) < 4.78 is 8.89.